The summed E-state index contributed by atoms with van der Waals surface area (Å²) in [6.45, 7) is -0.369. The van der Waals surface area contributed by atoms with E-state index < -0.39 is 24.5 Å². The van der Waals surface area contributed by atoms with Gasteiger partial charge in [0.15, 0.2) is 17.0 Å². The van der Waals surface area contributed by atoms with Gasteiger partial charge in [0.05, 0.1) is 19.1 Å². The molecule has 108 valence electrons. The maximum absolute atomic E-state index is 10.0. The normalized spacial score (nSPS) is 30.2. The van der Waals surface area contributed by atoms with Gasteiger partial charge in [-0.3, -0.25) is 4.57 Å². The fraction of sp³-hybridized carbons (Fsp3) is 0.545. The lowest BCUT2D eigenvalue weighted by molar-refractivity contribution is -0.0511. The van der Waals surface area contributed by atoms with Gasteiger partial charge in [-0.15, -0.1) is 0 Å². The molecule has 1 aliphatic heterocycles. The van der Waals surface area contributed by atoms with Gasteiger partial charge in [-0.25, -0.2) is 15.0 Å². The second-order valence-electron chi connectivity index (χ2n) is 4.45. The molecular weight excluding hydrogens is 284 g/mol. The molecule has 1 fully saturated rings. The first-order valence-corrected chi connectivity index (χ1v) is 7.24. The smallest absolute Gasteiger partial charge is 0.189 e. The standard InChI is InChI=1S/C11H14N4O4S/c1-20-11-12-2-5-9(14-11)15(4-13-5)10-8(18)7(17)6(3-16)19-10/h2,4,6-8,10,16-18H,3H2,1H3/t6-,7-,8-,10?/m1/s1. The highest BCUT2D eigenvalue weighted by atomic mass is 32.2. The quantitative estimate of drug-likeness (QED) is 0.496. The Balaban J connectivity index is 2.02. The molecule has 1 unspecified atom stereocenters. The Morgan fingerprint density at radius 3 is 2.80 bits per heavy atom. The van der Waals surface area contributed by atoms with Crippen LogP contribution in [-0.4, -0.2) is 66.0 Å². The number of hydrogen-bond donors (Lipinski definition) is 3. The van der Waals surface area contributed by atoms with Crippen LogP contribution in [0.2, 0.25) is 0 Å². The van der Waals surface area contributed by atoms with Gasteiger partial charge in [-0.2, -0.15) is 0 Å². The summed E-state index contributed by atoms with van der Waals surface area (Å²) >= 11 is 1.39. The molecule has 3 heterocycles. The van der Waals surface area contributed by atoms with Crippen LogP contribution >= 0.6 is 11.8 Å². The predicted octanol–water partition coefficient (Wildman–Crippen LogP) is -0.840. The van der Waals surface area contributed by atoms with Crippen LogP contribution in [0.3, 0.4) is 0 Å². The largest absolute Gasteiger partial charge is 0.394 e. The SMILES string of the molecule is CSc1ncc2ncn(C3O[C@H](CO)[C@@H](O)[C@H]3O)c2n1. The summed E-state index contributed by atoms with van der Waals surface area (Å²) in [5.74, 6) is 0. The molecule has 1 saturated heterocycles. The molecule has 2 aromatic heterocycles. The summed E-state index contributed by atoms with van der Waals surface area (Å²) in [6, 6.07) is 0. The van der Waals surface area contributed by atoms with Crippen LogP contribution in [0.4, 0.5) is 0 Å². The Morgan fingerprint density at radius 2 is 2.15 bits per heavy atom. The first kappa shape index (κ1) is 13.7. The maximum atomic E-state index is 10.0. The summed E-state index contributed by atoms with van der Waals surface area (Å²) in [4.78, 5) is 12.6. The number of aliphatic hydroxyl groups excluding tert-OH is 3. The third kappa shape index (κ3) is 2.07. The Hall–Kier alpha value is -1.26. The van der Waals surface area contributed by atoms with Crippen LogP contribution in [0.25, 0.3) is 11.2 Å². The fourth-order valence-corrected chi connectivity index (χ4v) is 2.54. The number of aromatic nitrogens is 4. The van der Waals surface area contributed by atoms with E-state index in [-0.39, 0.29) is 6.61 Å². The van der Waals surface area contributed by atoms with Crippen LogP contribution in [0.15, 0.2) is 17.7 Å². The van der Waals surface area contributed by atoms with Gasteiger partial charge >= 0.3 is 0 Å². The first-order chi connectivity index (χ1) is 9.65. The average molecular weight is 298 g/mol. The Kier molecular flexibility index (Phi) is 3.61. The highest BCUT2D eigenvalue weighted by Crippen LogP contribution is 2.31. The highest BCUT2D eigenvalue weighted by molar-refractivity contribution is 7.98. The van der Waals surface area contributed by atoms with Gasteiger partial charge in [-0.05, 0) is 6.26 Å². The molecule has 0 aliphatic carbocycles. The van der Waals surface area contributed by atoms with Crippen molar-refractivity contribution < 1.29 is 20.1 Å². The van der Waals surface area contributed by atoms with E-state index in [9.17, 15) is 10.2 Å². The minimum Gasteiger partial charge on any atom is -0.394 e. The zero-order valence-electron chi connectivity index (χ0n) is 10.6. The van der Waals surface area contributed by atoms with E-state index in [1.54, 1.807) is 10.8 Å². The number of hydrogen-bond acceptors (Lipinski definition) is 8. The molecule has 3 rings (SSSR count). The van der Waals surface area contributed by atoms with E-state index in [1.165, 1.54) is 18.1 Å². The number of nitrogens with zero attached hydrogens (tertiary/aromatic N) is 4. The minimum atomic E-state index is -1.16. The molecule has 9 heteroatoms. The van der Waals surface area contributed by atoms with Crippen molar-refractivity contribution in [2.24, 2.45) is 0 Å². The first-order valence-electron chi connectivity index (χ1n) is 6.01. The molecule has 0 radical (unpaired) electrons. The van der Waals surface area contributed by atoms with Crippen molar-refractivity contribution in [3.05, 3.63) is 12.5 Å². The summed E-state index contributed by atoms with van der Waals surface area (Å²) in [5, 5.41) is 29.5. The summed E-state index contributed by atoms with van der Waals surface area (Å²) < 4.78 is 7.01. The molecule has 0 saturated carbocycles. The summed E-state index contributed by atoms with van der Waals surface area (Å²) in [5.41, 5.74) is 1.08. The lowest BCUT2D eigenvalue weighted by Gasteiger charge is -2.16. The molecule has 0 amide bonds. The van der Waals surface area contributed by atoms with E-state index in [2.05, 4.69) is 15.0 Å². The zero-order chi connectivity index (χ0) is 14.3. The third-order valence-electron chi connectivity index (χ3n) is 3.27. The lowest BCUT2D eigenvalue weighted by Crippen LogP contribution is -2.33. The number of aliphatic hydroxyl groups is 3. The molecule has 8 nitrogen and oxygen atoms in total. The van der Waals surface area contributed by atoms with Gasteiger partial charge in [0.1, 0.15) is 23.8 Å². The van der Waals surface area contributed by atoms with Crippen molar-refractivity contribution in [2.75, 3.05) is 12.9 Å². The molecule has 3 N–H and O–H groups in total. The Labute approximate surface area is 118 Å². The number of thioether (sulfide) groups is 1. The van der Waals surface area contributed by atoms with Gasteiger partial charge in [-0.1, -0.05) is 11.8 Å². The highest BCUT2D eigenvalue weighted by Gasteiger charge is 2.43. The van der Waals surface area contributed by atoms with Crippen molar-refractivity contribution in [1.82, 2.24) is 19.5 Å². The van der Waals surface area contributed by atoms with E-state index >= 15 is 0 Å². The van der Waals surface area contributed by atoms with E-state index in [4.69, 9.17) is 9.84 Å². The summed E-state index contributed by atoms with van der Waals surface area (Å²) in [6.07, 6.45) is 0.956. The number of ether oxygens (including phenoxy) is 1. The van der Waals surface area contributed by atoms with Crippen molar-refractivity contribution in [1.29, 1.82) is 0 Å². The van der Waals surface area contributed by atoms with Crippen LogP contribution < -0.4 is 0 Å². The Bertz CT molecular complexity index is 621. The molecule has 4 atom stereocenters. The number of imidazole rings is 1. The molecule has 1 aliphatic rings. The van der Waals surface area contributed by atoms with E-state index in [0.717, 1.165) is 0 Å². The topological polar surface area (TPSA) is 114 Å². The predicted molar refractivity (Wildman–Crippen MR) is 70.1 cm³/mol. The lowest BCUT2D eigenvalue weighted by atomic mass is 10.1. The third-order valence-corrected chi connectivity index (χ3v) is 3.83. The molecule has 2 aromatic rings. The fourth-order valence-electron chi connectivity index (χ4n) is 2.21. The number of rotatable bonds is 3. The van der Waals surface area contributed by atoms with Crippen molar-refractivity contribution >= 4 is 22.9 Å². The van der Waals surface area contributed by atoms with Gasteiger partial charge in [0, 0.05) is 0 Å². The van der Waals surface area contributed by atoms with Gasteiger partial charge in [0.2, 0.25) is 0 Å². The summed E-state index contributed by atoms with van der Waals surface area (Å²) in [7, 11) is 0. The van der Waals surface area contributed by atoms with Crippen LogP contribution in [0.5, 0.6) is 0 Å². The maximum Gasteiger partial charge on any atom is 0.189 e. The van der Waals surface area contributed by atoms with Gasteiger partial charge < -0.3 is 20.1 Å². The van der Waals surface area contributed by atoms with Gasteiger partial charge in [0.25, 0.3) is 0 Å². The second-order valence-corrected chi connectivity index (χ2v) is 5.22. The van der Waals surface area contributed by atoms with Crippen molar-refractivity contribution in [3.63, 3.8) is 0 Å². The number of fused-ring (bicyclic) bond motifs is 1. The van der Waals surface area contributed by atoms with Crippen LogP contribution in [0.1, 0.15) is 6.23 Å². The second kappa shape index (κ2) is 5.26. The molecular formula is C11H14N4O4S. The van der Waals surface area contributed by atoms with Crippen molar-refractivity contribution in [2.45, 2.75) is 29.7 Å². The van der Waals surface area contributed by atoms with Crippen LogP contribution in [0, 0.1) is 0 Å². The Morgan fingerprint density at radius 1 is 1.35 bits per heavy atom. The van der Waals surface area contributed by atoms with Crippen LogP contribution in [-0.2, 0) is 4.74 Å². The molecule has 20 heavy (non-hydrogen) atoms. The molecule has 0 aromatic carbocycles. The monoisotopic (exact) mass is 298 g/mol. The van der Waals surface area contributed by atoms with Crippen molar-refractivity contribution in [3.8, 4) is 0 Å². The molecule has 0 spiro atoms. The average Bonchev–Trinajstić information content (AvgIpc) is 3.01. The van der Waals surface area contributed by atoms with E-state index in [0.29, 0.717) is 16.3 Å². The van der Waals surface area contributed by atoms with E-state index in [1.807, 2.05) is 6.26 Å². The molecule has 0 bridgehead atoms. The minimum absolute atomic E-state index is 0.369. The zero-order valence-corrected chi connectivity index (χ0v) is 11.4.